The molecule has 2 aromatic rings. The van der Waals surface area contributed by atoms with Crippen molar-refractivity contribution in [2.24, 2.45) is 10.7 Å². The quantitative estimate of drug-likeness (QED) is 0.634. The molecule has 1 aromatic carbocycles. The highest BCUT2D eigenvalue weighted by molar-refractivity contribution is 5.96. The maximum Gasteiger partial charge on any atom is 0.310 e. The summed E-state index contributed by atoms with van der Waals surface area (Å²) in [6, 6.07) is 7.39. The normalized spacial score (nSPS) is 21.9. The minimum Gasteiger partial charge on any atom is -0.493 e. The summed E-state index contributed by atoms with van der Waals surface area (Å²) in [5, 5.41) is 0. The van der Waals surface area contributed by atoms with Crippen LogP contribution in [0.1, 0.15) is 28.0 Å². The summed E-state index contributed by atoms with van der Waals surface area (Å²) in [5.74, 6) is -3.30. The molecule has 1 atom stereocenters. The Hall–Kier alpha value is -3.54. The van der Waals surface area contributed by atoms with Crippen LogP contribution in [-0.4, -0.2) is 35.9 Å². The number of aliphatic imine (C=N–C) groups is 1. The first kappa shape index (κ1) is 18.8. The lowest BCUT2D eigenvalue weighted by atomic mass is 9.78. The van der Waals surface area contributed by atoms with E-state index in [9.17, 15) is 13.6 Å². The van der Waals surface area contributed by atoms with Gasteiger partial charge in [0.2, 0.25) is 5.69 Å². The maximum absolute atomic E-state index is 14.9. The highest BCUT2D eigenvalue weighted by Crippen LogP contribution is 2.51. The topological polar surface area (TPSA) is 91.2 Å². The summed E-state index contributed by atoms with van der Waals surface area (Å²) in [5.41, 5.74) is 4.94. The van der Waals surface area contributed by atoms with Gasteiger partial charge in [-0.25, -0.2) is 9.84 Å². The molecule has 7 nitrogen and oxygen atoms in total. The number of alkyl halides is 2. The zero-order valence-electron chi connectivity index (χ0n) is 15.2. The van der Waals surface area contributed by atoms with Gasteiger partial charge < -0.3 is 15.2 Å². The molecule has 29 heavy (non-hydrogen) atoms. The monoisotopic (exact) mass is 398 g/mol. The third-order valence-electron chi connectivity index (χ3n) is 5.05. The standard InChI is InChI=1S/C20H16F2N4O3/c1-24-13-3-4-15(25-10-13)16(27)9-12-2-5-17-14(8-12)19(6-7-28-17)20(21,22)11-29-18(23)26-19/h2-5,8,10H,6-7,9,11H2,(H2,23,26)/t19-/m1/s1. The molecule has 3 heterocycles. The van der Waals surface area contributed by atoms with Gasteiger partial charge in [-0.15, -0.1) is 0 Å². The van der Waals surface area contributed by atoms with E-state index in [1.54, 1.807) is 12.1 Å². The van der Waals surface area contributed by atoms with Crippen molar-refractivity contribution >= 4 is 17.5 Å². The second-order valence-electron chi connectivity index (χ2n) is 6.85. The second kappa shape index (κ2) is 6.81. The number of benzene rings is 1. The van der Waals surface area contributed by atoms with Crippen molar-refractivity contribution in [1.29, 1.82) is 0 Å². The second-order valence-corrected chi connectivity index (χ2v) is 6.85. The van der Waals surface area contributed by atoms with Gasteiger partial charge in [0.25, 0.3) is 6.02 Å². The Bertz CT molecular complexity index is 1050. The lowest BCUT2D eigenvalue weighted by molar-refractivity contribution is -0.132. The predicted octanol–water partition coefficient (Wildman–Crippen LogP) is 3.02. The first-order valence-corrected chi connectivity index (χ1v) is 8.83. The minimum atomic E-state index is -3.28. The molecule has 2 aliphatic heterocycles. The van der Waals surface area contributed by atoms with Gasteiger partial charge in [-0.2, -0.15) is 8.78 Å². The van der Waals surface area contributed by atoms with E-state index in [1.807, 2.05) is 0 Å². The Morgan fingerprint density at radius 1 is 1.28 bits per heavy atom. The van der Waals surface area contributed by atoms with Crippen molar-refractivity contribution < 1.29 is 23.0 Å². The molecule has 0 saturated heterocycles. The molecule has 0 aliphatic carbocycles. The molecule has 0 unspecified atom stereocenters. The Kier molecular flexibility index (Phi) is 4.42. The maximum atomic E-state index is 14.9. The minimum absolute atomic E-state index is 0.0466. The van der Waals surface area contributed by atoms with E-state index in [0.717, 1.165) is 0 Å². The third kappa shape index (κ3) is 3.16. The number of nitrogens with two attached hydrogens (primary N) is 1. The number of rotatable bonds is 3. The summed E-state index contributed by atoms with van der Waals surface area (Å²) in [7, 11) is 0. The van der Waals surface area contributed by atoms with Crippen LogP contribution < -0.4 is 10.5 Å². The highest BCUT2D eigenvalue weighted by atomic mass is 19.3. The average molecular weight is 398 g/mol. The number of fused-ring (bicyclic) bond motifs is 2. The lowest BCUT2D eigenvalue weighted by Crippen LogP contribution is -2.54. The molecule has 2 aliphatic rings. The molecular formula is C20H16F2N4O3. The third-order valence-corrected chi connectivity index (χ3v) is 5.05. The number of halogens is 2. The van der Waals surface area contributed by atoms with Gasteiger partial charge >= 0.3 is 5.92 Å². The first-order chi connectivity index (χ1) is 13.8. The Morgan fingerprint density at radius 3 is 2.83 bits per heavy atom. The van der Waals surface area contributed by atoms with Gasteiger partial charge in [0.1, 0.15) is 11.4 Å². The molecular weight excluding hydrogens is 382 g/mol. The van der Waals surface area contributed by atoms with E-state index in [1.165, 1.54) is 24.4 Å². The number of hydrogen-bond donors (Lipinski definition) is 1. The van der Waals surface area contributed by atoms with Crippen LogP contribution in [0.4, 0.5) is 14.5 Å². The number of ether oxygens (including phenoxy) is 2. The Balaban J connectivity index is 1.69. The fourth-order valence-electron chi connectivity index (χ4n) is 3.55. The van der Waals surface area contributed by atoms with E-state index >= 15 is 0 Å². The van der Waals surface area contributed by atoms with Crippen molar-refractivity contribution in [3.63, 3.8) is 0 Å². The van der Waals surface area contributed by atoms with E-state index in [-0.39, 0.29) is 48.3 Å². The highest BCUT2D eigenvalue weighted by Gasteiger charge is 2.60. The van der Waals surface area contributed by atoms with Crippen LogP contribution in [-0.2, 0) is 16.7 Å². The lowest BCUT2D eigenvalue weighted by Gasteiger charge is -2.43. The van der Waals surface area contributed by atoms with Gasteiger partial charge in [0, 0.05) is 24.6 Å². The van der Waals surface area contributed by atoms with E-state index in [4.69, 9.17) is 21.8 Å². The smallest absolute Gasteiger partial charge is 0.310 e. The number of pyridine rings is 1. The fraction of sp³-hybridized carbons (Fsp3) is 0.300. The first-order valence-electron chi connectivity index (χ1n) is 8.83. The Labute approximate surface area is 165 Å². The van der Waals surface area contributed by atoms with E-state index in [2.05, 4.69) is 14.8 Å². The van der Waals surface area contributed by atoms with Crippen LogP contribution in [0, 0.1) is 6.57 Å². The number of carbonyl (C=O) groups is 1. The summed E-state index contributed by atoms with van der Waals surface area (Å²) < 4.78 is 40.1. The largest absolute Gasteiger partial charge is 0.493 e. The molecule has 0 bridgehead atoms. The van der Waals surface area contributed by atoms with E-state index in [0.29, 0.717) is 11.3 Å². The molecule has 0 fully saturated rings. The molecule has 0 saturated carbocycles. The van der Waals surface area contributed by atoms with Crippen molar-refractivity contribution in [3.05, 3.63) is 64.8 Å². The van der Waals surface area contributed by atoms with Crippen molar-refractivity contribution in [3.8, 4) is 5.75 Å². The van der Waals surface area contributed by atoms with Crippen molar-refractivity contribution in [1.82, 2.24) is 4.98 Å². The molecule has 1 aromatic heterocycles. The summed E-state index contributed by atoms with van der Waals surface area (Å²) in [4.78, 5) is 23.7. The molecule has 0 radical (unpaired) electrons. The number of amidine groups is 1. The van der Waals surface area contributed by atoms with Gasteiger partial charge in [0.05, 0.1) is 13.2 Å². The van der Waals surface area contributed by atoms with Crippen molar-refractivity contribution in [2.45, 2.75) is 24.3 Å². The van der Waals surface area contributed by atoms with E-state index < -0.39 is 18.1 Å². The van der Waals surface area contributed by atoms with Gasteiger partial charge in [-0.05, 0) is 23.8 Å². The predicted molar refractivity (Wildman–Crippen MR) is 99.3 cm³/mol. The molecule has 9 heteroatoms. The van der Waals surface area contributed by atoms with Crippen LogP contribution in [0.25, 0.3) is 4.85 Å². The SMILES string of the molecule is [C-]#[N+]c1ccc(C(=O)Cc2ccc3c(c2)[C@@]2(CCO3)N=C(N)OCC2(F)F)nc1. The number of carbonyl (C=O) groups excluding carboxylic acids is 1. The van der Waals surface area contributed by atoms with Gasteiger partial charge in [0.15, 0.2) is 17.9 Å². The molecule has 148 valence electrons. The molecule has 4 rings (SSSR count). The fourth-order valence-corrected chi connectivity index (χ4v) is 3.55. The number of hydrogen-bond acceptors (Lipinski definition) is 6. The molecule has 0 amide bonds. The van der Waals surface area contributed by atoms with Crippen LogP contribution in [0.15, 0.2) is 41.5 Å². The number of Topliss-reactive ketones (excluding diaryl/α,β-unsaturated/α-hetero) is 1. The van der Waals surface area contributed by atoms with Crippen molar-refractivity contribution in [2.75, 3.05) is 13.2 Å². The van der Waals surface area contributed by atoms with Gasteiger partial charge in [-0.3, -0.25) is 9.78 Å². The Morgan fingerprint density at radius 2 is 2.10 bits per heavy atom. The number of ketones is 1. The summed E-state index contributed by atoms with van der Waals surface area (Å²) in [6.07, 6.45) is 1.21. The number of nitrogens with zero attached hydrogens (tertiary/aromatic N) is 3. The molecule has 2 N–H and O–H groups in total. The van der Waals surface area contributed by atoms with Crippen LogP contribution in [0.3, 0.4) is 0 Å². The van der Waals surface area contributed by atoms with Crippen LogP contribution >= 0.6 is 0 Å². The number of aromatic nitrogens is 1. The average Bonchev–Trinajstić information content (AvgIpc) is 2.72. The summed E-state index contributed by atoms with van der Waals surface area (Å²) in [6.45, 7) is 6.12. The summed E-state index contributed by atoms with van der Waals surface area (Å²) >= 11 is 0. The molecule has 1 spiro atoms. The zero-order chi connectivity index (χ0) is 20.6. The zero-order valence-corrected chi connectivity index (χ0v) is 15.2. The van der Waals surface area contributed by atoms with Crippen LogP contribution in [0.2, 0.25) is 0 Å². The van der Waals surface area contributed by atoms with Crippen LogP contribution in [0.5, 0.6) is 5.75 Å². The van der Waals surface area contributed by atoms with Gasteiger partial charge in [-0.1, -0.05) is 12.1 Å².